The van der Waals surface area contributed by atoms with Crippen LogP contribution in [0.3, 0.4) is 0 Å². The van der Waals surface area contributed by atoms with Crippen molar-refractivity contribution in [1.82, 2.24) is 9.97 Å². The van der Waals surface area contributed by atoms with Crippen LogP contribution in [0.5, 0.6) is 11.6 Å². The minimum absolute atomic E-state index is 0.000807. The summed E-state index contributed by atoms with van der Waals surface area (Å²) >= 11 is 0. The Hall–Kier alpha value is -2.84. The molecule has 1 unspecified atom stereocenters. The van der Waals surface area contributed by atoms with Crippen LogP contribution < -0.4 is 14.4 Å². The van der Waals surface area contributed by atoms with Gasteiger partial charge in [-0.1, -0.05) is 26.0 Å². The van der Waals surface area contributed by atoms with Crippen molar-refractivity contribution < 1.29 is 27.4 Å². The first kappa shape index (κ1) is 23.8. The molecule has 6 nitrogen and oxygen atoms in total. The van der Waals surface area contributed by atoms with E-state index in [-0.39, 0.29) is 23.6 Å². The maximum atomic E-state index is 14.7. The predicted molar refractivity (Wildman–Crippen MR) is 114 cm³/mol. The molecule has 0 aliphatic carbocycles. The molecule has 9 heteroatoms. The molecule has 1 fully saturated rings. The van der Waals surface area contributed by atoms with Crippen LogP contribution in [0.2, 0.25) is 0 Å². The SMILES string of the molecule is CCCC(=O)C(C)c1ccc(O[C@@H]2CCN(c3ncnc(OCC(C)(F)F)c3F)C2)cc1. The van der Waals surface area contributed by atoms with Gasteiger partial charge in [0.2, 0.25) is 5.82 Å². The van der Waals surface area contributed by atoms with Crippen molar-refractivity contribution in [2.24, 2.45) is 0 Å². The summed E-state index contributed by atoms with van der Waals surface area (Å²) in [5, 5.41) is 0. The van der Waals surface area contributed by atoms with Crippen LogP contribution in [-0.4, -0.2) is 47.5 Å². The number of hydrogen-bond donors (Lipinski definition) is 0. The zero-order valence-electron chi connectivity index (χ0n) is 18.5. The Balaban J connectivity index is 1.60. The van der Waals surface area contributed by atoms with Gasteiger partial charge >= 0.3 is 0 Å². The maximum Gasteiger partial charge on any atom is 0.278 e. The Bertz CT molecular complexity index is 919. The summed E-state index contributed by atoms with van der Waals surface area (Å²) in [7, 11) is 0. The molecule has 1 saturated heterocycles. The molecular weight excluding hydrogens is 423 g/mol. The smallest absolute Gasteiger partial charge is 0.278 e. The molecule has 174 valence electrons. The minimum atomic E-state index is -3.10. The zero-order valence-corrected chi connectivity index (χ0v) is 18.5. The number of anilines is 1. The Labute approximate surface area is 185 Å². The molecule has 1 aliphatic rings. The van der Waals surface area contributed by atoms with Crippen molar-refractivity contribution in [3.63, 3.8) is 0 Å². The number of Topliss-reactive ketones (excluding diaryl/α,β-unsaturated/α-hetero) is 1. The fraction of sp³-hybridized carbons (Fsp3) is 0.522. The third kappa shape index (κ3) is 6.11. The van der Waals surface area contributed by atoms with Crippen molar-refractivity contribution in [3.05, 3.63) is 42.0 Å². The van der Waals surface area contributed by atoms with Crippen LogP contribution in [0, 0.1) is 5.82 Å². The topological polar surface area (TPSA) is 64.5 Å². The summed E-state index contributed by atoms with van der Waals surface area (Å²) in [6.07, 6.45) is 2.92. The van der Waals surface area contributed by atoms with E-state index in [4.69, 9.17) is 9.47 Å². The van der Waals surface area contributed by atoms with Crippen LogP contribution in [-0.2, 0) is 4.79 Å². The molecule has 0 spiro atoms. The first-order chi connectivity index (χ1) is 15.2. The zero-order chi connectivity index (χ0) is 23.3. The summed E-state index contributed by atoms with van der Waals surface area (Å²) < 4.78 is 51.5. The lowest BCUT2D eigenvalue weighted by atomic mass is 9.94. The fourth-order valence-electron chi connectivity index (χ4n) is 3.55. The average molecular weight is 451 g/mol. The second kappa shape index (κ2) is 10.2. The van der Waals surface area contributed by atoms with Crippen molar-refractivity contribution in [3.8, 4) is 11.6 Å². The van der Waals surface area contributed by atoms with Gasteiger partial charge in [-0.05, 0) is 24.1 Å². The maximum absolute atomic E-state index is 14.7. The number of carbonyl (C=O) groups excluding carboxylic acids is 1. The summed E-state index contributed by atoms with van der Waals surface area (Å²) in [5.41, 5.74) is 0.942. The lowest BCUT2D eigenvalue weighted by Gasteiger charge is -2.20. The normalized spacial score (nSPS) is 17.3. The number of benzene rings is 1. The fourth-order valence-corrected chi connectivity index (χ4v) is 3.55. The van der Waals surface area contributed by atoms with Gasteiger partial charge in [0, 0.05) is 32.2 Å². The molecule has 1 aromatic carbocycles. The van der Waals surface area contributed by atoms with Gasteiger partial charge in [-0.3, -0.25) is 4.79 Å². The van der Waals surface area contributed by atoms with Gasteiger partial charge in [-0.15, -0.1) is 0 Å². The van der Waals surface area contributed by atoms with Gasteiger partial charge in [0.25, 0.3) is 11.8 Å². The van der Waals surface area contributed by atoms with E-state index >= 15 is 0 Å². The third-order valence-corrected chi connectivity index (χ3v) is 5.31. The van der Waals surface area contributed by atoms with Crippen LogP contribution >= 0.6 is 0 Å². The van der Waals surface area contributed by atoms with Gasteiger partial charge in [0.05, 0.1) is 6.54 Å². The van der Waals surface area contributed by atoms with Crippen LogP contribution in [0.25, 0.3) is 0 Å². The molecule has 0 radical (unpaired) electrons. The highest BCUT2D eigenvalue weighted by molar-refractivity contribution is 5.85. The number of hydrogen-bond acceptors (Lipinski definition) is 6. The van der Waals surface area contributed by atoms with Crippen LogP contribution in [0.4, 0.5) is 19.0 Å². The van der Waals surface area contributed by atoms with Gasteiger partial charge in [-0.2, -0.15) is 9.37 Å². The largest absolute Gasteiger partial charge is 0.489 e. The molecule has 1 aliphatic heterocycles. The highest BCUT2D eigenvalue weighted by atomic mass is 19.3. The first-order valence-corrected chi connectivity index (χ1v) is 10.7. The second-order valence-corrected chi connectivity index (χ2v) is 8.16. The molecule has 1 aromatic heterocycles. The first-order valence-electron chi connectivity index (χ1n) is 10.7. The monoisotopic (exact) mass is 451 g/mol. The van der Waals surface area contributed by atoms with Crippen molar-refractivity contribution in [2.45, 2.75) is 58.0 Å². The Morgan fingerprint density at radius 3 is 2.66 bits per heavy atom. The number of rotatable bonds is 10. The van der Waals surface area contributed by atoms with Crippen molar-refractivity contribution in [1.29, 1.82) is 0 Å². The van der Waals surface area contributed by atoms with E-state index < -0.39 is 24.2 Å². The van der Waals surface area contributed by atoms with Gasteiger partial charge in [-0.25, -0.2) is 13.8 Å². The molecule has 0 saturated carbocycles. The predicted octanol–water partition coefficient (Wildman–Crippen LogP) is 4.78. The molecular formula is C23H28F3N3O3. The number of ketones is 1. The van der Waals surface area contributed by atoms with Gasteiger partial charge in [0.15, 0.2) is 12.4 Å². The van der Waals surface area contributed by atoms with E-state index in [2.05, 4.69) is 9.97 Å². The standard InChI is InChI=1S/C23H28F3N3O3/c1-4-5-19(30)15(2)16-6-8-17(9-7-16)32-18-10-11-29(12-18)21-20(24)22(28-14-27-21)31-13-23(3,25)26/h6-9,14-15,18H,4-5,10-13H2,1-3H3/t15?,18-/m1/s1. The van der Waals surface area contributed by atoms with E-state index in [0.717, 1.165) is 18.3 Å². The summed E-state index contributed by atoms with van der Waals surface area (Å²) in [5.74, 6) is -3.75. The molecule has 2 heterocycles. The number of halogens is 3. The molecule has 2 aromatic rings. The summed E-state index contributed by atoms with van der Waals surface area (Å²) in [6, 6.07) is 7.43. The Morgan fingerprint density at radius 2 is 2.00 bits per heavy atom. The second-order valence-electron chi connectivity index (χ2n) is 8.16. The van der Waals surface area contributed by atoms with Crippen molar-refractivity contribution in [2.75, 3.05) is 24.6 Å². The Kier molecular flexibility index (Phi) is 7.58. The van der Waals surface area contributed by atoms with Gasteiger partial charge < -0.3 is 14.4 Å². The lowest BCUT2D eigenvalue weighted by molar-refractivity contribution is -0.120. The minimum Gasteiger partial charge on any atom is -0.489 e. The molecule has 0 bridgehead atoms. The van der Waals surface area contributed by atoms with Crippen LogP contribution in [0.1, 0.15) is 51.5 Å². The number of ether oxygens (including phenoxy) is 2. The lowest BCUT2D eigenvalue weighted by Crippen LogP contribution is -2.27. The van der Waals surface area contributed by atoms with E-state index in [1.807, 2.05) is 38.1 Å². The highest BCUT2D eigenvalue weighted by Crippen LogP contribution is 2.29. The third-order valence-electron chi connectivity index (χ3n) is 5.31. The molecule has 32 heavy (non-hydrogen) atoms. The van der Waals surface area contributed by atoms with Gasteiger partial charge in [0.1, 0.15) is 24.0 Å². The number of alkyl halides is 2. The summed E-state index contributed by atoms with van der Waals surface area (Å²) in [4.78, 5) is 21.4. The number of aromatic nitrogens is 2. The van der Waals surface area contributed by atoms with Crippen LogP contribution in [0.15, 0.2) is 30.6 Å². The van der Waals surface area contributed by atoms with Crippen molar-refractivity contribution >= 4 is 11.6 Å². The van der Waals surface area contributed by atoms with E-state index in [0.29, 0.717) is 38.6 Å². The highest BCUT2D eigenvalue weighted by Gasteiger charge is 2.30. The van der Waals surface area contributed by atoms with E-state index in [1.54, 1.807) is 4.90 Å². The molecule has 0 N–H and O–H groups in total. The van der Waals surface area contributed by atoms with E-state index in [1.165, 1.54) is 0 Å². The number of nitrogens with zero attached hydrogens (tertiary/aromatic N) is 3. The molecule has 0 amide bonds. The van der Waals surface area contributed by atoms with E-state index in [9.17, 15) is 18.0 Å². The average Bonchev–Trinajstić information content (AvgIpc) is 3.21. The Morgan fingerprint density at radius 1 is 1.28 bits per heavy atom. The quantitative estimate of drug-likeness (QED) is 0.518. The molecule has 2 atom stereocenters. The summed E-state index contributed by atoms with van der Waals surface area (Å²) in [6.45, 7) is 4.47. The molecule has 3 rings (SSSR count). The number of carbonyl (C=O) groups is 1.